The minimum Gasteiger partial charge on any atom is -0.465 e. The molecule has 25 heavy (non-hydrogen) atoms. The Morgan fingerprint density at radius 2 is 1.76 bits per heavy atom. The molecule has 5 nitrogen and oxygen atoms in total. The second kappa shape index (κ2) is 8.01. The minimum atomic E-state index is -3.90. The summed E-state index contributed by atoms with van der Waals surface area (Å²) in [6, 6.07) is 11.7. The molecular formula is C18H20BrNO4S. The molecule has 0 radical (unpaired) electrons. The number of carbonyl (C=O) groups excluding carboxylic acids is 1. The molecule has 0 aliphatic heterocycles. The summed E-state index contributed by atoms with van der Waals surface area (Å²) in [5.74, 6) is -0.598. The second-order valence-corrected chi connectivity index (χ2v) is 8.28. The van der Waals surface area contributed by atoms with Crippen molar-refractivity contribution in [3.05, 3.63) is 58.1 Å². The first-order chi connectivity index (χ1) is 11.8. The average Bonchev–Trinajstić information content (AvgIpc) is 2.56. The number of ether oxygens (including phenoxy) is 1. The van der Waals surface area contributed by atoms with E-state index in [-0.39, 0.29) is 18.0 Å². The van der Waals surface area contributed by atoms with E-state index < -0.39 is 16.0 Å². The molecule has 2 aromatic rings. The lowest BCUT2D eigenvalue weighted by Crippen LogP contribution is -2.36. The maximum atomic E-state index is 13.1. The van der Waals surface area contributed by atoms with Crippen LogP contribution in [-0.2, 0) is 19.6 Å². The van der Waals surface area contributed by atoms with Crippen LogP contribution in [-0.4, -0.2) is 27.5 Å². The lowest BCUT2D eigenvalue weighted by Gasteiger charge is -2.24. The summed E-state index contributed by atoms with van der Waals surface area (Å²) in [5, 5.41) is 0. The van der Waals surface area contributed by atoms with Crippen molar-refractivity contribution in [2.45, 2.75) is 25.7 Å². The lowest BCUT2D eigenvalue weighted by atomic mass is 10.2. The molecule has 0 spiro atoms. The third-order valence-electron chi connectivity index (χ3n) is 3.62. The van der Waals surface area contributed by atoms with Gasteiger partial charge in [0.1, 0.15) is 6.54 Å². The summed E-state index contributed by atoms with van der Waals surface area (Å²) in [6.45, 7) is 5.22. The fourth-order valence-electron chi connectivity index (χ4n) is 2.26. The third-order valence-corrected chi connectivity index (χ3v) is 6.29. The Labute approximate surface area is 156 Å². The Hall–Kier alpha value is -1.86. The molecule has 0 heterocycles. The zero-order chi connectivity index (χ0) is 18.6. The Bertz CT molecular complexity index is 863. The molecule has 0 aliphatic carbocycles. The molecule has 0 aromatic heterocycles. The van der Waals surface area contributed by atoms with Gasteiger partial charge in [0, 0.05) is 4.47 Å². The number of carbonyl (C=O) groups is 1. The van der Waals surface area contributed by atoms with E-state index in [9.17, 15) is 13.2 Å². The number of rotatable bonds is 6. The Morgan fingerprint density at radius 1 is 1.12 bits per heavy atom. The summed E-state index contributed by atoms with van der Waals surface area (Å²) in [6.07, 6.45) is 0. The fourth-order valence-corrected chi connectivity index (χ4v) is 3.91. The van der Waals surface area contributed by atoms with Crippen molar-refractivity contribution in [2.24, 2.45) is 0 Å². The van der Waals surface area contributed by atoms with Crippen LogP contribution in [0, 0.1) is 13.8 Å². The smallest absolute Gasteiger partial charge is 0.326 e. The van der Waals surface area contributed by atoms with E-state index in [4.69, 9.17) is 4.74 Å². The second-order valence-electron chi connectivity index (χ2n) is 5.56. The fraction of sp³-hybridized carbons (Fsp3) is 0.278. The molecule has 0 saturated heterocycles. The van der Waals surface area contributed by atoms with Crippen LogP contribution in [0.5, 0.6) is 0 Å². The van der Waals surface area contributed by atoms with Crippen molar-refractivity contribution in [2.75, 3.05) is 17.5 Å². The van der Waals surface area contributed by atoms with Crippen LogP contribution in [0.2, 0.25) is 0 Å². The van der Waals surface area contributed by atoms with Crippen molar-refractivity contribution in [3.8, 4) is 0 Å². The first-order valence-electron chi connectivity index (χ1n) is 7.77. The molecule has 0 N–H and O–H groups in total. The molecule has 2 rings (SSSR count). The van der Waals surface area contributed by atoms with Crippen molar-refractivity contribution in [3.63, 3.8) is 0 Å². The van der Waals surface area contributed by atoms with E-state index in [1.165, 1.54) is 12.1 Å². The number of hydrogen-bond donors (Lipinski definition) is 0. The van der Waals surface area contributed by atoms with Crippen LogP contribution in [0.25, 0.3) is 0 Å². The first kappa shape index (κ1) is 19.5. The van der Waals surface area contributed by atoms with E-state index in [0.717, 1.165) is 19.9 Å². The topological polar surface area (TPSA) is 63.7 Å². The average molecular weight is 426 g/mol. The van der Waals surface area contributed by atoms with E-state index in [1.807, 2.05) is 13.8 Å². The molecule has 0 atom stereocenters. The van der Waals surface area contributed by atoms with Crippen molar-refractivity contribution < 1.29 is 17.9 Å². The normalized spacial score (nSPS) is 11.2. The van der Waals surface area contributed by atoms with Gasteiger partial charge in [-0.25, -0.2) is 8.42 Å². The van der Waals surface area contributed by atoms with Gasteiger partial charge < -0.3 is 4.74 Å². The number of halogens is 1. The van der Waals surface area contributed by atoms with Crippen LogP contribution in [0.15, 0.2) is 51.8 Å². The number of sulfonamides is 1. The van der Waals surface area contributed by atoms with Gasteiger partial charge in [0.2, 0.25) is 0 Å². The lowest BCUT2D eigenvalue weighted by molar-refractivity contribution is -0.141. The van der Waals surface area contributed by atoms with E-state index in [2.05, 4.69) is 15.9 Å². The van der Waals surface area contributed by atoms with Crippen molar-refractivity contribution in [1.29, 1.82) is 0 Å². The predicted molar refractivity (Wildman–Crippen MR) is 101 cm³/mol. The highest BCUT2D eigenvalue weighted by atomic mass is 79.9. The largest absolute Gasteiger partial charge is 0.465 e. The van der Waals surface area contributed by atoms with Gasteiger partial charge in [-0.05, 0) is 56.7 Å². The van der Waals surface area contributed by atoms with E-state index >= 15 is 0 Å². The number of esters is 1. The Balaban J connectivity index is 2.51. The third kappa shape index (κ3) is 4.61. The molecule has 134 valence electrons. The van der Waals surface area contributed by atoms with Crippen LogP contribution in [0.4, 0.5) is 5.69 Å². The number of anilines is 1. The zero-order valence-electron chi connectivity index (χ0n) is 14.3. The van der Waals surface area contributed by atoms with Crippen LogP contribution >= 0.6 is 15.9 Å². The molecule has 0 fully saturated rings. The number of hydrogen-bond acceptors (Lipinski definition) is 4. The molecule has 0 unspecified atom stereocenters. The van der Waals surface area contributed by atoms with Gasteiger partial charge in [0.15, 0.2) is 0 Å². The molecule has 7 heteroatoms. The van der Waals surface area contributed by atoms with Gasteiger partial charge in [-0.1, -0.05) is 33.6 Å². The van der Waals surface area contributed by atoms with E-state index in [1.54, 1.807) is 37.3 Å². The zero-order valence-corrected chi connectivity index (χ0v) is 16.7. The Morgan fingerprint density at radius 3 is 2.32 bits per heavy atom. The molecule has 0 bridgehead atoms. The summed E-state index contributed by atoms with van der Waals surface area (Å²) in [5.41, 5.74) is 2.23. The van der Waals surface area contributed by atoms with Crippen molar-refractivity contribution >= 4 is 37.6 Å². The Kier molecular flexibility index (Phi) is 6.24. The first-order valence-corrected chi connectivity index (χ1v) is 10.00. The summed E-state index contributed by atoms with van der Waals surface area (Å²) >= 11 is 3.40. The number of nitrogens with zero attached hydrogens (tertiary/aromatic N) is 1. The molecule has 0 amide bonds. The number of aryl methyl sites for hydroxylation is 2. The molecule has 2 aromatic carbocycles. The SMILES string of the molecule is CCOC(=O)CN(c1ccc(Br)c(C)c1)S(=O)(=O)c1ccc(C)cc1. The highest BCUT2D eigenvalue weighted by molar-refractivity contribution is 9.10. The van der Waals surface area contributed by atoms with Gasteiger partial charge in [-0.3, -0.25) is 9.10 Å². The van der Waals surface area contributed by atoms with Gasteiger partial charge >= 0.3 is 5.97 Å². The van der Waals surface area contributed by atoms with Crippen LogP contribution in [0.1, 0.15) is 18.1 Å². The quantitative estimate of drug-likeness (QED) is 0.659. The molecular weight excluding hydrogens is 406 g/mol. The molecule has 0 aliphatic rings. The maximum Gasteiger partial charge on any atom is 0.326 e. The maximum absolute atomic E-state index is 13.1. The minimum absolute atomic E-state index is 0.128. The monoisotopic (exact) mass is 425 g/mol. The standard InChI is InChI=1S/C18H20BrNO4S/c1-4-24-18(21)12-20(15-7-10-17(19)14(3)11-15)25(22,23)16-8-5-13(2)6-9-16/h5-11H,4,12H2,1-3H3. The molecule has 0 saturated carbocycles. The number of benzene rings is 2. The van der Waals surface area contributed by atoms with Gasteiger partial charge in [0.05, 0.1) is 17.2 Å². The van der Waals surface area contributed by atoms with Crippen molar-refractivity contribution in [1.82, 2.24) is 0 Å². The summed E-state index contributed by atoms with van der Waals surface area (Å²) < 4.78 is 33.1. The summed E-state index contributed by atoms with van der Waals surface area (Å²) in [4.78, 5) is 12.1. The predicted octanol–water partition coefficient (Wildman–Crippen LogP) is 3.82. The van der Waals surface area contributed by atoms with Crippen LogP contribution in [0.3, 0.4) is 0 Å². The van der Waals surface area contributed by atoms with Gasteiger partial charge in [0.25, 0.3) is 10.0 Å². The van der Waals surface area contributed by atoms with Gasteiger partial charge in [-0.15, -0.1) is 0 Å². The highest BCUT2D eigenvalue weighted by Gasteiger charge is 2.28. The van der Waals surface area contributed by atoms with Gasteiger partial charge in [-0.2, -0.15) is 0 Å². The van der Waals surface area contributed by atoms with Crippen LogP contribution < -0.4 is 4.31 Å². The van der Waals surface area contributed by atoms with E-state index in [0.29, 0.717) is 5.69 Å². The highest BCUT2D eigenvalue weighted by Crippen LogP contribution is 2.28. The summed E-state index contributed by atoms with van der Waals surface area (Å²) in [7, 11) is -3.90.